The average molecular weight is 250 g/mol. The summed E-state index contributed by atoms with van der Waals surface area (Å²) in [4.78, 5) is 11.2. The van der Waals surface area contributed by atoms with Gasteiger partial charge >= 0.3 is 0 Å². The maximum absolute atomic E-state index is 11.2. The molecule has 0 spiro atoms. The van der Waals surface area contributed by atoms with Crippen molar-refractivity contribution in [2.24, 2.45) is 5.92 Å². The Labute approximate surface area is 107 Å². The van der Waals surface area contributed by atoms with Gasteiger partial charge in [0.1, 0.15) is 0 Å². The lowest BCUT2D eigenvalue weighted by atomic mass is 9.95. The van der Waals surface area contributed by atoms with E-state index in [1.165, 1.54) is 5.56 Å². The van der Waals surface area contributed by atoms with E-state index in [-0.39, 0.29) is 6.42 Å². The molecular formula is C14H16ClNO. The van der Waals surface area contributed by atoms with Crippen LogP contribution in [0.3, 0.4) is 0 Å². The highest BCUT2D eigenvalue weighted by Crippen LogP contribution is 2.23. The van der Waals surface area contributed by atoms with E-state index < -0.39 is 11.2 Å². The Morgan fingerprint density at radius 2 is 1.94 bits per heavy atom. The number of carbonyl (C=O) groups excluding carboxylic acids is 1. The van der Waals surface area contributed by atoms with E-state index in [0.29, 0.717) is 5.92 Å². The van der Waals surface area contributed by atoms with Crippen molar-refractivity contribution in [1.29, 1.82) is 5.26 Å². The molecule has 0 heterocycles. The Balaban J connectivity index is 2.85. The van der Waals surface area contributed by atoms with Crippen LogP contribution in [-0.2, 0) is 11.2 Å². The van der Waals surface area contributed by atoms with Gasteiger partial charge in [-0.25, -0.2) is 0 Å². The number of benzene rings is 1. The van der Waals surface area contributed by atoms with Crippen LogP contribution in [0.2, 0.25) is 0 Å². The summed E-state index contributed by atoms with van der Waals surface area (Å²) in [6.45, 7) is 4.32. The molecule has 0 aromatic heterocycles. The highest BCUT2D eigenvalue weighted by Gasteiger charge is 2.18. The van der Waals surface area contributed by atoms with Crippen LogP contribution in [0.4, 0.5) is 0 Å². The van der Waals surface area contributed by atoms with E-state index in [9.17, 15) is 4.79 Å². The van der Waals surface area contributed by atoms with E-state index in [1.807, 2.05) is 30.3 Å². The fraction of sp³-hybridized carbons (Fsp3) is 0.429. The molecule has 0 aliphatic heterocycles. The molecule has 2 nitrogen and oxygen atoms in total. The van der Waals surface area contributed by atoms with Crippen LogP contribution in [0.1, 0.15) is 37.3 Å². The van der Waals surface area contributed by atoms with Gasteiger partial charge in [0.2, 0.25) is 5.24 Å². The minimum Gasteiger partial charge on any atom is -0.281 e. The van der Waals surface area contributed by atoms with Crippen LogP contribution in [0.25, 0.3) is 0 Å². The zero-order valence-corrected chi connectivity index (χ0v) is 10.9. The molecule has 1 aromatic rings. The van der Waals surface area contributed by atoms with Gasteiger partial charge in [0, 0.05) is 0 Å². The van der Waals surface area contributed by atoms with Crippen molar-refractivity contribution in [3.63, 3.8) is 0 Å². The molecule has 0 radical (unpaired) electrons. The molecule has 0 aliphatic carbocycles. The predicted octanol–water partition coefficient (Wildman–Crippen LogP) is 3.65. The number of nitrogens with zero attached hydrogens (tertiary/aromatic N) is 1. The van der Waals surface area contributed by atoms with Crippen molar-refractivity contribution in [3.05, 3.63) is 35.4 Å². The van der Waals surface area contributed by atoms with Gasteiger partial charge in [-0.15, -0.1) is 0 Å². The second-order valence-electron chi connectivity index (χ2n) is 4.56. The first-order chi connectivity index (χ1) is 8.04. The summed E-state index contributed by atoms with van der Waals surface area (Å²) >= 11 is 5.49. The summed E-state index contributed by atoms with van der Waals surface area (Å²) in [7, 11) is 0. The molecule has 0 N–H and O–H groups in total. The maximum atomic E-state index is 11.2. The van der Waals surface area contributed by atoms with Crippen LogP contribution >= 0.6 is 11.6 Å². The molecule has 0 bridgehead atoms. The molecule has 3 heteroatoms. The summed E-state index contributed by atoms with van der Waals surface area (Å²) in [6, 6.07) is 9.77. The monoisotopic (exact) mass is 249 g/mol. The van der Waals surface area contributed by atoms with Gasteiger partial charge in [-0.2, -0.15) is 5.26 Å². The minimum atomic E-state index is -0.505. The lowest BCUT2D eigenvalue weighted by molar-refractivity contribution is -0.112. The molecule has 1 rings (SSSR count). The van der Waals surface area contributed by atoms with E-state index in [4.69, 9.17) is 16.9 Å². The Hall–Kier alpha value is -1.33. The number of hydrogen-bond acceptors (Lipinski definition) is 2. The lowest BCUT2D eigenvalue weighted by Crippen LogP contribution is -2.06. The van der Waals surface area contributed by atoms with Gasteiger partial charge in [-0.05, 0) is 35.1 Å². The standard InChI is InChI=1S/C14H16ClNO/c1-10(2)9-11-3-5-12(6-4-11)13(7-8-16)14(15)17/h3-6,10,13H,7,9H2,1-2H3/t13-/m1/s1. The fourth-order valence-electron chi connectivity index (χ4n) is 1.78. The van der Waals surface area contributed by atoms with Gasteiger partial charge in [-0.1, -0.05) is 38.1 Å². The number of hydrogen-bond donors (Lipinski definition) is 0. The molecule has 0 unspecified atom stereocenters. The molecule has 0 saturated carbocycles. The number of nitriles is 1. The van der Waals surface area contributed by atoms with Gasteiger partial charge in [0.15, 0.2) is 0 Å². The fourth-order valence-corrected chi connectivity index (χ4v) is 1.98. The summed E-state index contributed by atoms with van der Waals surface area (Å²) in [6.07, 6.45) is 1.14. The molecule has 1 atom stereocenters. The van der Waals surface area contributed by atoms with Crippen molar-refractivity contribution in [2.75, 3.05) is 0 Å². The van der Waals surface area contributed by atoms with Crippen LogP contribution in [0.5, 0.6) is 0 Å². The van der Waals surface area contributed by atoms with Crippen LogP contribution in [0, 0.1) is 17.2 Å². The first-order valence-corrected chi connectivity index (χ1v) is 6.07. The van der Waals surface area contributed by atoms with Crippen molar-refractivity contribution < 1.29 is 4.79 Å². The van der Waals surface area contributed by atoms with Gasteiger partial charge in [-0.3, -0.25) is 4.79 Å². The zero-order chi connectivity index (χ0) is 12.8. The second kappa shape index (κ2) is 6.42. The average Bonchev–Trinajstić information content (AvgIpc) is 2.26. The third-order valence-electron chi connectivity index (χ3n) is 2.60. The molecule has 90 valence electrons. The lowest BCUT2D eigenvalue weighted by Gasteiger charge is -2.10. The zero-order valence-electron chi connectivity index (χ0n) is 10.1. The third-order valence-corrected chi connectivity index (χ3v) is 2.86. The first kappa shape index (κ1) is 13.7. The normalized spacial score (nSPS) is 12.2. The van der Waals surface area contributed by atoms with E-state index in [0.717, 1.165) is 12.0 Å². The molecule has 0 amide bonds. The van der Waals surface area contributed by atoms with E-state index >= 15 is 0 Å². The molecule has 17 heavy (non-hydrogen) atoms. The second-order valence-corrected chi connectivity index (χ2v) is 4.93. The van der Waals surface area contributed by atoms with E-state index in [2.05, 4.69) is 13.8 Å². The Bertz CT molecular complexity index is 417. The first-order valence-electron chi connectivity index (χ1n) is 5.69. The number of halogens is 1. The third kappa shape index (κ3) is 4.20. The summed E-state index contributed by atoms with van der Waals surface area (Å²) in [5.74, 6) is 0.0974. The topological polar surface area (TPSA) is 40.9 Å². The van der Waals surface area contributed by atoms with Crippen LogP contribution < -0.4 is 0 Å². The molecule has 0 aliphatic rings. The van der Waals surface area contributed by atoms with Crippen molar-refractivity contribution >= 4 is 16.8 Å². The molecular weight excluding hydrogens is 234 g/mol. The minimum absolute atomic E-state index is 0.131. The molecule has 0 saturated heterocycles. The Kier molecular flexibility index (Phi) is 5.18. The highest BCUT2D eigenvalue weighted by atomic mass is 35.5. The van der Waals surface area contributed by atoms with E-state index in [1.54, 1.807) is 0 Å². The highest BCUT2D eigenvalue weighted by molar-refractivity contribution is 6.64. The maximum Gasteiger partial charge on any atom is 0.230 e. The van der Waals surface area contributed by atoms with Gasteiger partial charge < -0.3 is 0 Å². The van der Waals surface area contributed by atoms with Crippen molar-refractivity contribution in [3.8, 4) is 6.07 Å². The largest absolute Gasteiger partial charge is 0.281 e. The van der Waals surface area contributed by atoms with Crippen LogP contribution in [-0.4, -0.2) is 5.24 Å². The molecule has 1 aromatic carbocycles. The van der Waals surface area contributed by atoms with Crippen LogP contribution in [0.15, 0.2) is 24.3 Å². The quantitative estimate of drug-likeness (QED) is 0.748. The van der Waals surface area contributed by atoms with Crippen molar-refractivity contribution in [1.82, 2.24) is 0 Å². The SMILES string of the molecule is CC(C)Cc1ccc([C@@H](CC#N)C(=O)Cl)cc1. The molecule has 0 fully saturated rings. The predicted molar refractivity (Wildman–Crippen MR) is 68.8 cm³/mol. The number of rotatable bonds is 5. The van der Waals surface area contributed by atoms with Gasteiger partial charge in [0.25, 0.3) is 0 Å². The summed E-state index contributed by atoms with van der Waals surface area (Å²) < 4.78 is 0. The summed E-state index contributed by atoms with van der Waals surface area (Å²) in [5, 5.41) is 8.19. The summed E-state index contributed by atoms with van der Waals surface area (Å²) in [5.41, 5.74) is 2.06. The smallest absolute Gasteiger partial charge is 0.230 e. The Morgan fingerprint density at radius 3 is 2.35 bits per heavy atom. The van der Waals surface area contributed by atoms with Crippen molar-refractivity contribution in [2.45, 2.75) is 32.6 Å². The number of carbonyl (C=O) groups is 1. The Morgan fingerprint density at radius 1 is 1.35 bits per heavy atom. The van der Waals surface area contributed by atoms with Gasteiger partial charge in [0.05, 0.1) is 18.4 Å².